The number of likely N-dealkylation sites (N-methyl/N-ethyl adjacent to an activating group) is 1. The van der Waals surface area contributed by atoms with Crippen LogP contribution in [0, 0.1) is 0 Å². The van der Waals surface area contributed by atoms with Gasteiger partial charge in [0, 0.05) is 23.9 Å². The van der Waals surface area contributed by atoms with Gasteiger partial charge >= 0.3 is 0 Å². The van der Waals surface area contributed by atoms with Crippen molar-refractivity contribution in [2.75, 3.05) is 50.8 Å². The molecule has 3 aromatic rings. The Kier molecular flexibility index (Phi) is 6.42. The third kappa shape index (κ3) is 4.37. The smallest absolute Gasteiger partial charge is 0.295 e. The quantitative estimate of drug-likeness (QED) is 0.435. The molecule has 1 saturated heterocycles. The third-order valence-electron chi connectivity index (χ3n) is 6.97. The van der Waals surface area contributed by atoms with Crippen molar-refractivity contribution in [2.24, 2.45) is 0 Å². The molecule has 1 N–H and O–H groups in total. The van der Waals surface area contributed by atoms with Gasteiger partial charge in [0.25, 0.3) is 11.1 Å². The van der Waals surface area contributed by atoms with E-state index in [1.54, 1.807) is 24.1 Å². The number of hydrogen-bond acceptors (Lipinski definition) is 10. The number of methoxy groups -OCH3 is 1. The molecule has 0 radical (unpaired) electrons. The number of amides is 2. The van der Waals surface area contributed by atoms with E-state index in [4.69, 9.17) is 30.5 Å². The zero-order valence-corrected chi connectivity index (χ0v) is 22.2. The Morgan fingerprint density at radius 1 is 1.26 bits per heavy atom. The number of benzene rings is 1. The van der Waals surface area contributed by atoms with E-state index in [2.05, 4.69) is 20.5 Å². The van der Waals surface area contributed by atoms with E-state index in [9.17, 15) is 9.59 Å². The summed E-state index contributed by atoms with van der Waals surface area (Å²) in [5, 5.41) is 11.7. The highest BCUT2D eigenvalue weighted by Crippen LogP contribution is 2.58. The van der Waals surface area contributed by atoms with E-state index < -0.39 is 11.3 Å². The lowest BCUT2D eigenvalue weighted by atomic mass is 9.90. The summed E-state index contributed by atoms with van der Waals surface area (Å²) in [5.41, 5.74) is 2.56. The largest absolute Gasteiger partial charge is 0.494 e. The Bertz CT molecular complexity index is 1420. The minimum atomic E-state index is -0.531. The molecular formula is C25H24ClN5O6S. The standard InChI is InChI=1S/C25H24ClN5O6S/c1-31-18-8-16(21(32)28-23-29-30-24(38-23)37-12-13-11-35-5-6-36-13)14(7-17(18)25(3-4-25)22(31)33)15-9-20(26)27-10-19(15)34-2/h7-10,13H,3-6,11-12H2,1-2H3,(H,28,29,32)/t13-/m1/s1. The Balaban J connectivity index is 1.32. The van der Waals surface area contributed by atoms with Crippen LogP contribution in [-0.2, 0) is 19.7 Å². The number of hydrogen-bond donors (Lipinski definition) is 1. The molecular weight excluding hydrogens is 534 g/mol. The van der Waals surface area contributed by atoms with Crippen LogP contribution in [0.25, 0.3) is 11.1 Å². The average molecular weight is 558 g/mol. The maximum atomic E-state index is 13.6. The summed E-state index contributed by atoms with van der Waals surface area (Å²) in [5.74, 6) is 0.0579. The fraction of sp³-hybridized carbons (Fsp3) is 0.400. The molecule has 198 valence electrons. The zero-order valence-electron chi connectivity index (χ0n) is 20.7. The number of pyridine rings is 1. The van der Waals surface area contributed by atoms with Gasteiger partial charge in [-0.15, -0.1) is 5.10 Å². The van der Waals surface area contributed by atoms with Crippen molar-refractivity contribution in [3.05, 3.63) is 40.7 Å². The molecule has 1 spiro atoms. The minimum Gasteiger partial charge on any atom is -0.494 e. The van der Waals surface area contributed by atoms with Crippen molar-refractivity contribution >= 4 is 45.6 Å². The van der Waals surface area contributed by atoms with E-state index in [1.807, 2.05) is 6.07 Å². The fourth-order valence-corrected chi connectivity index (χ4v) is 5.64. The lowest BCUT2D eigenvalue weighted by Crippen LogP contribution is -2.33. The Labute approximate surface area is 227 Å². The highest BCUT2D eigenvalue weighted by atomic mass is 35.5. The predicted octanol–water partition coefficient (Wildman–Crippen LogP) is 3.32. The molecule has 4 heterocycles. The van der Waals surface area contributed by atoms with Crippen LogP contribution in [0.4, 0.5) is 10.8 Å². The monoisotopic (exact) mass is 557 g/mol. The van der Waals surface area contributed by atoms with Crippen LogP contribution in [0.5, 0.6) is 10.9 Å². The summed E-state index contributed by atoms with van der Waals surface area (Å²) in [7, 11) is 3.25. The second-order valence-corrected chi connectivity index (χ2v) is 10.6. The molecule has 1 aromatic carbocycles. The minimum absolute atomic E-state index is 0.0361. The number of rotatable bonds is 7. The van der Waals surface area contributed by atoms with Crippen LogP contribution in [0.2, 0.25) is 5.15 Å². The van der Waals surface area contributed by atoms with Crippen molar-refractivity contribution in [3.8, 4) is 22.1 Å². The van der Waals surface area contributed by atoms with Gasteiger partial charge in [-0.1, -0.05) is 16.7 Å². The second kappa shape index (κ2) is 9.77. The van der Waals surface area contributed by atoms with Gasteiger partial charge in [-0.2, -0.15) is 0 Å². The summed E-state index contributed by atoms with van der Waals surface area (Å²) in [6, 6.07) is 5.28. The first-order chi connectivity index (χ1) is 18.4. The summed E-state index contributed by atoms with van der Waals surface area (Å²) in [6.45, 7) is 1.80. The van der Waals surface area contributed by atoms with Gasteiger partial charge in [-0.05, 0) is 53.5 Å². The maximum Gasteiger partial charge on any atom is 0.295 e. The van der Waals surface area contributed by atoms with Gasteiger partial charge in [0.15, 0.2) is 0 Å². The Hall–Kier alpha value is -3.32. The van der Waals surface area contributed by atoms with Crippen LogP contribution in [0.1, 0.15) is 28.8 Å². The highest BCUT2D eigenvalue weighted by Gasteiger charge is 2.58. The average Bonchev–Trinajstić information content (AvgIpc) is 3.58. The van der Waals surface area contributed by atoms with E-state index in [0.717, 1.165) is 29.7 Å². The molecule has 11 nitrogen and oxygen atoms in total. The number of nitrogens with zero attached hydrogens (tertiary/aromatic N) is 4. The van der Waals surface area contributed by atoms with E-state index in [-0.39, 0.29) is 28.9 Å². The molecule has 3 aliphatic rings. The molecule has 2 aliphatic heterocycles. The van der Waals surface area contributed by atoms with Crippen molar-refractivity contribution < 1.29 is 28.5 Å². The third-order valence-corrected chi connectivity index (χ3v) is 7.93. The Morgan fingerprint density at radius 3 is 2.84 bits per heavy atom. The molecule has 13 heteroatoms. The van der Waals surface area contributed by atoms with E-state index in [1.165, 1.54) is 13.3 Å². The van der Waals surface area contributed by atoms with E-state index in [0.29, 0.717) is 53.1 Å². The van der Waals surface area contributed by atoms with Crippen LogP contribution in [-0.4, -0.2) is 73.7 Å². The molecule has 1 atom stereocenters. The predicted molar refractivity (Wildman–Crippen MR) is 139 cm³/mol. The van der Waals surface area contributed by atoms with Gasteiger partial charge < -0.3 is 23.8 Å². The number of aromatic nitrogens is 3. The van der Waals surface area contributed by atoms with Crippen LogP contribution in [0.15, 0.2) is 24.4 Å². The molecule has 2 amide bonds. The molecule has 38 heavy (non-hydrogen) atoms. The molecule has 1 aliphatic carbocycles. The van der Waals surface area contributed by atoms with Crippen molar-refractivity contribution in [1.82, 2.24) is 15.2 Å². The number of ether oxygens (including phenoxy) is 4. The van der Waals surface area contributed by atoms with Gasteiger partial charge in [0.1, 0.15) is 23.6 Å². The van der Waals surface area contributed by atoms with Gasteiger partial charge in [-0.25, -0.2) is 4.98 Å². The summed E-state index contributed by atoms with van der Waals surface area (Å²) in [4.78, 5) is 32.4. The summed E-state index contributed by atoms with van der Waals surface area (Å²) >= 11 is 7.33. The molecule has 0 unspecified atom stereocenters. The highest BCUT2D eigenvalue weighted by molar-refractivity contribution is 7.17. The normalized spacial score (nSPS) is 19.4. The van der Waals surface area contributed by atoms with Gasteiger partial charge in [-0.3, -0.25) is 14.9 Å². The number of nitrogens with one attached hydrogen (secondary N) is 1. The van der Waals surface area contributed by atoms with Crippen molar-refractivity contribution in [1.29, 1.82) is 0 Å². The van der Waals surface area contributed by atoms with Crippen LogP contribution in [0.3, 0.4) is 0 Å². The fourth-order valence-electron chi connectivity index (χ4n) is 4.88. The number of fused-ring (bicyclic) bond motifs is 2. The molecule has 0 bridgehead atoms. The number of carbonyl (C=O) groups excluding carboxylic acids is 2. The maximum absolute atomic E-state index is 13.6. The van der Waals surface area contributed by atoms with E-state index >= 15 is 0 Å². The molecule has 2 aromatic heterocycles. The lowest BCUT2D eigenvalue weighted by Gasteiger charge is -2.22. The molecule has 2 fully saturated rings. The topological polar surface area (TPSA) is 125 Å². The summed E-state index contributed by atoms with van der Waals surface area (Å²) < 4.78 is 22.1. The first-order valence-corrected chi connectivity index (χ1v) is 13.2. The van der Waals surface area contributed by atoms with Gasteiger partial charge in [0.05, 0.1) is 38.5 Å². The van der Waals surface area contributed by atoms with Crippen molar-refractivity contribution in [2.45, 2.75) is 24.4 Å². The molecule has 1 saturated carbocycles. The number of carbonyl (C=O) groups is 2. The second-order valence-electron chi connectivity index (χ2n) is 9.27. The first-order valence-electron chi connectivity index (χ1n) is 12.0. The zero-order chi connectivity index (χ0) is 26.4. The lowest BCUT2D eigenvalue weighted by molar-refractivity contribution is -0.119. The summed E-state index contributed by atoms with van der Waals surface area (Å²) in [6.07, 6.45) is 2.87. The van der Waals surface area contributed by atoms with Crippen LogP contribution < -0.4 is 19.7 Å². The SMILES string of the molecule is COc1cnc(Cl)cc1-c1cc2c(cc1C(=O)Nc1nnc(OC[C@H]3COCCO3)s1)N(C)C(=O)C21CC1. The molecule has 6 rings (SSSR count). The number of anilines is 2. The first kappa shape index (κ1) is 25.0. The number of halogens is 1. The Morgan fingerprint density at radius 2 is 2.11 bits per heavy atom. The van der Waals surface area contributed by atoms with Crippen LogP contribution >= 0.6 is 22.9 Å². The van der Waals surface area contributed by atoms with Gasteiger partial charge in [0.2, 0.25) is 11.0 Å². The van der Waals surface area contributed by atoms with Crippen molar-refractivity contribution in [3.63, 3.8) is 0 Å².